The Kier molecular flexibility index (Phi) is 3.56. The number of nitrogens with zero attached hydrogens (tertiary/aromatic N) is 3. The Morgan fingerprint density at radius 2 is 2.13 bits per heavy atom. The van der Waals surface area contributed by atoms with Crippen LogP contribution in [0.4, 0.5) is 0 Å². The third kappa shape index (κ3) is 2.17. The van der Waals surface area contributed by atoms with Crippen molar-refractivity contribution in [1.82, 2.24) is 14.3 Å². The number of aliphatic hydroxyl groups excluding tert-OH is 3. The zero-order valence-corrected chi connectivity index (χ0v) is 11.7. The molecular formula is C12H15N5O6. The molecule has 1 aliphatic rings. The Morgan fingerprint density at radius 1 is 1.43 bits per heavy atom. The van der Waals surface area contributed by atoms with E-state index in [1.165, 1.54) is 10.8 Å². The first-order valence-electron chi connectivity index (χ1n) is 6.65. The van der Waals surface area contributed by atoms with E-state index in [1.54, 1.807) is 0 Å². The number of amides is 1. The van der Waals surface area contributed by atoms with Gasteiger partial charge in [0.25, 0.3) is 5.91 Å². The predicted octanol–water partition coefficient (Wildman–Crippen LogP) is -2.74. The van der Waals surface area contributed by atoms with Gasteiger partial charge in [-0.15, -0.1) is 0 Å². The number of carbonyl (C=O) groups is 1. The van der Waals surface area contributed by atoms with Crippen LogP contribution in [0.3, 0.4) is 0 Å². The van der Waals surface area contributed by atoms with E-state index in [2.05, 4.69) is 4.98 Å². The van der Waals surface area contributed by atoms with Crippen molar-refractivity contribution in [2.45, 2.75) is 24.5 Å². The van der Waals surface area contributed by atoms with Gasteiger partial charge < -0.3 is 35.6 Å². The number of aromatic nitrogens is 3. The summed E-state index contributed by atoms with van der Waals surface area (Å²) in [5.74, 6) is -0.859. The van der Waals surface area contributed by atoms with Crippen LogP contribution in [0.1, 0.15) is 16.6 Å². The number of nitrogens with two attached hydrogens (primary N) is 1. The van der Waals surface area contributed by atoms with Gasteiger partial charge in [0.1, 0.15) is 30.3 Å². The number of fused-ring (bicyclic) bond motifs is 1. The second-order valence-electron chi connectivity index (χ2n) is 5.18. The van der Waals surface area contributed by atoms with Crippen LogP contribution >= 0.6 is 0 Å². The van der Waals surface area contributed by atoms with Crippen molar-refractivity contribution in [3.05, 3.63) is 23.6 Å². The molecule has 0 aromatic carbocycles. The Labute approximate surface area is 128 Å². The molecule has 2 aromatic heterocycles. The molecule has 0 spiro atoms. The molecule has 1 fully saturated rings. The van der Waals surface area contributed by atoms with Crippen molar-refractivity contribution >= 4 is 16.9 Å². The smallest absolute Gasteiger partial charge is 0.251 e. The van der Waals surface area contributed by atoms with Gasteiger partial charge in [0.05, 0.1) is 17.6 Å². The maximum absolute atomic E-state index is 11.6. The molecule has 11 heteroatoms. The number of hydrogen-bond donors (Lipinski definition) is 6. The molecule has 3 rings (SSSR count). The molecule has 0 bridgehead atoms. The molecule has 124 valence electrons. The summed E-state index contributed by atoms with van der Waals surface area (Å²) in [6, 6.07) is 0. The van der Waals surface area contributed by atoms with Gasteiger partial charge in [-0.1, -0.05) is 0 Å². The lowest BCUT2D eigenvalue weighted by molar-refractivity contribution is -0.0509. The number of hydrogen-bond acceptors (Lipinski definition) is 8. The van der Waals surface area contributed by atoms with Crippen molar-refractivity contribution in [2.24, 2.45) is 5.73 Å². The van der Waals surface area contributed by atoms with Crippen LogP contribution in [0, 0.1) is 5.41 Å². The van der Waals surface area contributed by atoms with E-state index < -0.39 is 42.5 Å². The lowest BCUT2D eigenvalue weighted by Crippen LogP contribution is -2.33. The van der Waals surface area contributed by atoms with E-state index in [-0.39, 0.29) is 16.6 Å². The molecule has 0 unspecified atom stereocenters. The molecule has 1 saturated heterocycles. The number of carbonyl (C=O) groups excluding carboxylic acids is 1. The van der Waals surface area contributed by atoms with Crippen LogP contribution in [-0.2, 0) is 4.74 Å². The first kappa shape index (κ1) is 15.4. The largest absolute Gasteiger partial charge is 0.425 e. The second-order valence-corrected chi connectivity index (χ2v) is 5.18. The molecule has 1 amide bonds. The fraction of sp³-hybridized carbons (Fsp3) is 0.417. The van der Waals surface area contributed by atoms with E-state index in [0.29, 0.717) is 4.73 Å². The third-order valence-corrected chi connectivity index (χ3v) is 3.82. The molecule has 1 aliphatic heterocycles. The van der Waals surface area contributed by atoms with Crippen molar-refractivity contribution < 1.29 is 30.1 Å². The number of rotatable bonds is 3. The second kappa shape index (κ2) is 5.31. The molecule has 2 aromatic rings. The van der Waals surface area contributed by atoms with Gasteiger partial charge in [-0.3, -0.25) is 10.2 Å². The average Bonchev–Trinajstić information content (AvgIpc) is 3.03. The summed E-state index contributed by atoms with van der Waals surface area (Å²) in [5.41, 5.74) is 4.82. The first-order valence-corrected chi connectivity index (χ1v) is 6.65. The minimum Gasteiger partial charge on any atom is -0.425 e. The summed E-state index contributed by atoms with van der Waals surface area (Å²) in [5, 5.41) is 46.4. The number of ether oxygens (including phenoxy) is 1. The van der Waals surface area contributed by atoms with Gasteiger partial charge in [-0.25, -0.2) is 4.98 Å². The number of primary amides is 1. The molecule has 4 atom stereocenters. The van der Waals surface area contributed by atoms with Gasteiger partial charge in [0.2, 0.25) is 0 Å². The summed E-state index contributed by atoms with van der Waals surface area (Å²) >= 11 is 0. The SMILES string of the molecule is N=c1c2c(C(N)=O)cn([C@@H]3O[C@H](CO)[C@@H](O)[C@H]3O)c2ncn1O. The van der Waals surface area contributed by atoms with Gasteiger partial charge in [-0.05, 0) is 0 Å². The molecule has 0 aliphatic carbocycles. The summed E-state index contributed by atoms with van der Waals surface area (Å²) in [6.45, 7) is -0.510. The third-order valence-electron chi connectivity index (χ3n) is 3.82. The Morgan fingerprint density at radius 3 is 2.70 bits per heavy atom. The Bertz CT molecular complexity index is 829. The molecule has 11 nitrogen and oxygen atoms in total. The monoisotopic (exact) mass is 325 g/mol. The molecule has 3 heterocycles. The van der Waals surface area contributed by atoms with Crippen LogP contribution in [0.15, 0.2) is 12.5 Å². The van der Waals surface area contributed by atoms with Crippen molar-refractivity contribution in [2.75, 3.05) is 6.61 Å². The molecule has 23 heavy (non-hydrogen) atoms. The van der Waals surface area contributed by atoms with Crippen LogP contribution < -0.4 is 11.2 Å². The van der Waals surface area contributed by atoms with Gasteiger partial charge in [0.15, 0.2) is 11.7 Å². The van der Waals surface area contributed by atoms with Crippen LogP contribution in [0.5, 0.6) is 0 Å². The van der Waals surface area contributed by atoms with Crippen molar-refractivity contribution in [3.63, 3.8) is 0 Å². The van der Waals surface area contributed by atoms with E-state index in [1.807, 2.05) is 0 Å². The molecule has 0 radical (unpaired) electrons. The van der Waals surface area contributed by atoms with Crippen molar-refractivity contribution in [1.29, 1.82) is 5.41 Å². The maximum Gasteiger partial charge on any atom is 0.251 e. The van der Waals surface area contributed by atoms with Crippen LogP contribution in [0.2, 0.25) is 0 Å². The number of aliphatic hydroxyl groups is 3. The van der Waals surface area contributed by atoms with E-state index in [0.717, 1.165) is 6.33 Å². The van der Waals surface area contributed by atoms with E-state index in [4.69, 9.17) is 21.0 Å². The highest BCUT2D eigenvalue weighted by atomic mass is 16.6. The van der Waals surface area contributed by atoms with E-state index >= 15 is 0 Å². The van der Waals surface area contributed by atoms with Gasteiger partial charge in [0, 0.05) is 6.20 Å². The fourth-order valence-corrected chi connectivity index (χ4v) is 2.65. The highest BCUT2D eigenvalue weighted by Gasteiger charge is 2.44. The minimum atomic E-state index is -1.39. The van der Waals surface area contributed by atoms with E-state index in [9.17, 15) is 20.2 Å². The summed E-state index contributed by atoms with van der Waals surface area (Å²) < 4.78 is 7.03. The Hall–Kier alpha value is -2.47. The first-order chi connectivity index (χ1) is 10.9. The average molecular weight is 325 g/mol. The zero-order valence-electron chi connectivity index (χ0n) is 11.7. The molecular weight excluding hydrogens is 310 g/mol. The van der Waals surface area contributed by atoms with Gasteiger partial charge >= 0.3 is 0 Å². The lowest BCUT2D eigenvalue weighted by atomic mass is 10.1. The molecule has 0 saturated carbocycles. The minimum absolute atomic E-state index is 0.0276. The van der Waals surface area contributed by atoms with Crippen LogP contribution in [0.25, 0.3) is 11.0 Å². The predicted molar refractivity (Wildman–Crippen MR) is 72.3 cm³/mol. The fourth-order valence-electron chi connectivity index (χ4n) is 2.65. The topological polar surface area (TPSA) is 180 Å². The number of nitrogens with one attached hydrogen (secondary N) is 1. The van der Waals surface area contributed by atoms with Gasteiger partial charge in [-0.2, -0.15) is 4.73 Å². The Balaban J connectivity index is 2.22. The standard InChI is InChI=1S/C12H15N5O6/c13-9-6-4(10(14)21)1-16(11(6)15-3-17(9)22)12-8(20)7(19)5(2-18)23-12/h1,3,5,7-8,12-13,18-20,22H,2H2,(H2,14,21)/t5-,7-,8-,12-/m1/s1. The lowest BCUT2D eigenvalue weighted by Gasteiger charge is -2.17. The summed E-state index contributed by atoms with van der Waals surface area (Å²) in [6.07, 6.45) is -2.71. The summed E-state index contributed by atoms with van der Waals surface area (Å²) in [4.78, 5) is 15.5. The zero-order chi connectivity index (χ0) is 16.9. The maximum atomic E-state index is 11.6. The quantitative estimate of drug-likeness (QED) is 0.331. The summed E-state index contributed by atoms with van der Waals surface area (Å²) in [7, 11) is 0. The highest BCUT2D eigenvalue weighted by Crippen LogP contribution is 2.32. The van der Waals surface area contributed by atoms with Crippen molar-refractivity contribution in [3.8, 4) is 0 Å². The van der Waals surface area contributed by atoms with Crippen LogP contribution in [-0.4, -0.2) is 65.6 Å². The molecule has 7 N–H and O–H groups in total. The normalized spacial score (nSPS) is 27.6. The highest BCUT2D eigenvalue weighted by molar-refractivity contribution is 6.04.